The number of anilines is 1. The van der Waals surface area contributed by atoms with Crippen molar-refractivity contribution in [3.05, 3.63) is 69.7 Å². The number of halogens is 2. The van der Waals surface area contributed by atoms with E-state index in [1.165, 1.54) is 6.08 Å². The van der Waals surface area contributed by atoms with Crippen LogP contribution < -0.4 is 5.32 Å². The zero-order valence-corrected chi connectivity index (χ0v) is 12.3. The molecule has 0 radical (unpaired) electrons. The number of nitriles is 1. The SMILES string of the molecule is N#C/C(=C/c1ccc(Cl)cc1)C(=O)Nc1cccc(Cl)c1. The van der Waals surface area contributed by atoms with Crippen LogP contribution in [-0.4, -0.2) is 5.91 Å². The maximum absolute atomic E-state index is 12.1. The second-order valence-corrected chi connectivity index (χ2v) is 5.06. The van der Waals surface area contributed by atoms with Crippen molar-refractivity contribution in [2.24, 2.45) is 0 Å². The Labute approximate surface area is 132 Å². The minimum Gasteiger partial charge on any atom is -0.321 e. The molecule has 3 nitrogen and oxygen atoms in total. The molecule has 0 saturated carbocycles. The topological polar surface area (TPSA) is 52.9 Å². The Morgan fingerprint density at radius 3 is 2.43 bits per heavy atom. The van der Waals surface area contributed by atoms with Crippen molar-refractivity contribution in [1.82, 2.24) is 0 Å². The Morgan fingerprint density at radius 2 is 1.81 bits per heavy atom. The van der Waals surface area contributed by atoms with Gasteiger partial charge in [-0.05, 0) is 42.0 Å². The van der Waals surface area contributed by atoms with E-state index >= 15 is 0 Å². The van der Waals surface area contributed by atoms with E-state index in [1.807, 2.05) is 6.07 Å². The summed E-state index contributed by atoms with van der Waals surface area (Å²) in [6.45, 7) is 0. The van der Waals surface area contributed by atoms with E-state index in [4.69, 9.17) is 28.5 Å². The second kappa shape index (κ2) is 6.94. The monoisotopic (exact) mass is 316 g/mol. The first-order chi connectivity index (χ1) is 10.1. The first-order valence-corrected chi connectivity index (χ1v) is 6.78. The average molecular weight is 317 g/mol. The highest BCUT2D eigenvalue weighted by atomic mass is 35.5. The van der Waals surface area contributed by atoms with E-state index in [9.17, 15) is 4.79 Å². The highest BCUT2D eigenvalue weighted by molar-refractivity contribution is 6.31. The number of hydrogen-bond acceptors (Lipinski definition) is 2. The summed E-state index contributed by atoms with van der Waals surface area (Å²) in [6.07, 6.45) is 1.50. The quantitative estimate of drug-likeness (QED) is 0.667. The number of nitrogens with zero attached hydrogens (tertiary/aromatic N) is 1. The molecule has 0 aliphatic heterocycles. The Morgan fingerprint density at radius 1 is 1.10 bits per heavy atom. The van der Waals surface area contributed by atoms with Crippen molar-refractivity contribution in [1.29, 1.82) is 5.26 Å². The van der Waals surface area contributed by atoms with Gasteiger partial charge in [0.25, 0.3) is 5.91 Å². The van der Waals surface area contributed by atoms with Gasteiger partial charge in [0.1, 0.15) is 11.6 Å². The maximum atomic E-state index is 12.1. The Hall–Kier alpha value is -2.28. The first-order valence-electron chi connectivity index (χ1n) is 6.03. The summed E-state index contributed by atoms with van der Waals surface area (Å²) < 4.78 is 0. The van der Waals surface area contributed by atoms with Crippen LogP contribution in [0.2, 0.25) is 10.0 Å². The highest BCUT2D eigenvalue weighted by Crippen LogP contribution is 2.17. The Bertz CT molecular complexity index is 731. The molecule has 0 atom stereocenters. The fourth-order valence-corrected chi connectivity index (χ4v) is 1.96. The molecular formula is C16H10Cl2N2O. The normalized spacial score (nSPS) is 10.8. The van der Waals surface area contributed by atoms with Crippen molar-refractivity contribution < 1.29 is 4.79 Å². The van der Waals surface area contributed by atoms with Gasteiger partial charge < -0.3 is 5.32 Å². The minimum atomic E-state index is -0.491. The molecule has 1 amide bonds. The van der Waals surface area contributed by atoms with E-state index in [2.05, 4.69) is 5.32 Å². The summed E-state index contributed by atoms with van der Waals surface area (Å²) in [7, 11) is 0. The van der Waals surface area contributed by atoms with Crippen molar-refractivity contribution in [2.75, 3.05) is 5.32 Å². The van der Waals surface area contributed by atoms with Crippen LogP contribution in [-0.2, 0) is 4.79 Å². The van der Waals surface area contributed by atoms with Crippen LogP contribution in [0.5, 0.6) is 0 Å². The molecule has 0 aromatic heterocycles. The third-order valence-corrected chi connectivity index (χ3v) is 3.12. The first kappa shape index (κ1) is 15.1. The minimum absolute atomic E-state index is 0.00250. The van der Waals surface area contributed by atoms with Crippen LogP contribution in [0.1, 0.15) is 5.56 Å². The van der Waals surface area contributed by atoms with Crippen LogP contribution in [0, 0.1) is 11.3 Å². The third-order valence-electron chi connectivity index (χ3n) is 2.63. The predicted octanol–water partition coefficient (Wildman–Crippen LogP) is 4.54. The number of hydrogen-bond donors (Lipinski definition) is 1. The van der Waals surface area contributed by atoms with Crippen LogP contribution in [0.25, 0.3) is 6.08 Å². The predicted molar refractivity (Wildman–Crippen MR) is 85.1 cm³/mol. The summed E-state index contributed by atoms with van der Waals surface area (Å²) in [6, 6.07) is 15.4. The molecule has 2 aromatic rings. The van der Waals surface area contributed by atoms with E-state index in [0.717, 1.165) is 5.56 Å². The number of nitrogens with one attached hydrogen (secondary N) is 1. The van der Waals surface area contributed by atoms with E-state index < -0.39 is 5.91 Å². The standard InChI is InChI=1S/C16H10Cl2N2O/c17-13-6-4-11(5-7-13)8-12(10-19)16(21)20-15-3-1-2-14(18)9-15/h1-9H,(H,20,21)/b12-8-. The zero-order valence-electron chi connectivity index (χ0n) is 10.8. The summed E-state index contributed by atoms with van der Waals surface area (Å²) in [5.41, 5.74) is 1.25. The lowest BCUT2D eigenvalue weighted by molar-refractivity contribution is -0.112. The molecule has 21 heavy (non-hydrogen) atoms. The molecule has 0 spiro atoms. The van der Waals surface area contributed by atoms with Gasteiger partial charge in [-0.3, -0.25) is 4.79 Å². The molecule has 2 rings (SSSR count). The Balaban J connectivity index is 2.19. The van der Waals surface area contributed by atoms with Crippen molar-refractivity contribution in [3.63, 3.8) is 0 Å². The fraction of sp³-hybridized carbons (Fsp3) is 0. The molecule has 1 N–H and O–H groups in total. The van der Waals surface area contributed by atoms with Gasteiger partial charge in [-0.25, -0.2) is 0 Å². The molecule has 0 aliphatic carbocycles. The van der Waals surface area contributed by atoms with Gasteiger partial charge in [0.15, 0.2) is 0 Å². The Kier molecular flexibility index (Phi) is 4.99. The highest BCUT2D eigenvalue weighted by Gasteiger charge is 2.09. The van der Waals surface area contributed by atoms with Gasteiger partial charge in [0, 0.05) is 15.7 Å². The molecule has 0 heterocycles. The molecule has 5 heteroatoms. The third kappa shape index (κ3) is 4.35. The summed E-state index contributed by atoms with van der Waals surface area (Å²) in [5, 5.41) is 12.8. The lowest BCUT2D eigenvalue weighted by atomic mass is 10.1. The zero-order chi connectivity index (χ0) is 15.2. The van der Waals surface area contributed by atoms with Crippen LogP contribution in [0.15, 0.2) is 54.1 Å². The van der Waals surface area contributed by atoms with E-state index in [0.29, 0.717) is 15.7 Å². The van der Waals surface area contributed by atoms with Crippen LogP contribution >= 0.6 is 23.2 Å². The molecule has 0 unspecified atom stereocenters. The molecule has 104 valence electrons. The van der Waals surface area contributed by atoms with Gasteiger partial charge in [-0.15, -0.1) is 0 Å². The van der Waals surface area contributed by atoms with Gasteiger partial charge in [0.2, 0.25) is 0 Å². The van der Waals surface area contributed by atoms with Gasteiger partial charge in [0.05, 0.1) is 0 Å². The second-order valence-electron chi connectivity index (χ2n) is 4.19. The lowest BCUT2D eigenvalue weighted by Crippen LogP contribution is -2.13. The van der Waals surface area contributed by atoms with Crippen LogP contribution in [0.4, 0.5) is 5.69 Å². The maximum Gasteiger partial charge on any atom is 0.266 e. The number of carbonyl (C=O) groups is 1. The van der Waals surface area contributed by atoms with Crippen molar-refractivity contribution in [2.45, 2.75) is 0 Å². The van der Waals surface area contributed by atoms with Crippen LogP contribution in [0.3, 0.4) is 0 Å². The summed E-state index contributed by atoms with van der Waals surface area (Å²) in [4.78, 5) is 12.1. The van der Waals surface area contributed by atoms with Gasteiger partial charge >= 0.3 is 0 Å². The number of benzene rings is 2. The molecule has 0 saturated heterocycles. The molecule has 0 fully saturated rings. The summed E-state index contributed by atoms with van der Waals surface area (Å²) in [5.74, 6) is -0.491. The number of rotatable bonds is 3. The summed E-state index contributed by atoms with van der Waals surface area (Å²) >= 11 is 11.6. The van der Waals surface area contributed by atoms with E-state index in [1.54, 1.807) is 48.5 Å². The van der Waals surface area contributed by atoms with Gasteiger partial charge in [-0.2, -0.15) is 5.26 Å². The molecule has 2 aromatic carbocycles. The lowest BCUT2D eigenvalue weighted by Gasteiger charge is -2.04. The van der Waals surface area contributed by atoms with E-state index in [-0.39, 0.29) is 5.57 Å². The van der Waals surface area contributed by atoms with Crippen molar-refractivity contribution >= 4 is 40.9 Å². The molecule has 0 bridgehead atoms. The molecule has 0 aliphatic rings. The van der Waals surface area contributed by atoms with Crippen molar-refractivity contribution in [3.8, 4) is 6.07 Å². The smallest absolute Gasteiger partial charge is 0.266 e. The van der Waals surface area contributed by atoms with Gasteiger partial charge in [-0.1, -0.05) is 41.4 Å². The number of carbonyl (C=O) groups excluding carboxylic acids is 1. The average Bonchev–Trinajstić information content (AvgIpc) is 2.46. The largest absolute Gasteiger partial charge is 0.321 e. The molecular weight excluding hydrogens is 307 g/mol. The fourth-order valence-electron chi connectivity index (χ4n) is 1.64. The number of amides is 1.